The second-order valence-corrected chi connectivity index (χ2v) is 5.30. The molecular weight excluding hydrogens is 272 g/mol. The van der Waals surface area contributed by atoms with Crippen LogP contribution in [-0.4, -0.2) is 42.1 Å². The molecule has 0 saturated heterocycles. The number of rotatable bonds is 7. The summed E-state index contributed by atoms with van der Waals surface area (Å²) in [5.41, 5.74) is 1.33. The fourth-order valence-corrected chi connectivity index (χ4v) is 2.34. The molecule has 0 saturated carbocycles. The van der Waals surface area contributed by atoms with Crippen molar-refractivity contribution in [2.45, 2.75) is 13.3 Å². The molecule has 0 unspecified atom stereocenters. The van der Waals surface area contributed by atoms with E-state index in [0.29, 0.717) is 17.8 Å². The van der Waals surface area contributed by atoms with Crippen LogP contribution in [0.15, 0.2) is 16.8 Å². The molecule has 0 aliphatic carbocycles. The van der Waals surface area contributed by atoms with Crippen LogP contribution >= 0.6 is 11.3 Å². The number of anilines is 3. The number of hydrogen-bond acceptors (Lipinski definition) is 7. The SMILES string of the molecule is CCNc1nc(NCCc2ccsc2)nc(N(C)C)n1. The average molecular weight is 292 g/mol. The minimum absolute atomic E-state index is 0.601. The lowest BCUT2D eigenvalue weighted by Gasteiger charge is -2.13. The van der Waals surface area contributed by atoms with Gasteiger partial charge in [-0.25, -0.2) is 0 Å². The maximum Gasteiger partial charge on any atom is 0.231 e. The molecule has 0 radical (unpaired) electrons. The fourth-order valence-electron chi connectivity index (χ4n) is 1.63. The lowest BCUT2D eigenvalue weighted by molar-refractivity contribution is 0.925. The highest BCUT2D eigenvalue weighted by atomic mass is 32.1. The second-order valence-electron chi connectivity index (χ2n) is 4.52. The monoisotopic (exact) mass is 292 g/mol. The standard InChI is InChI=1S/C13H20N6S/c1-4-14-11-16-12(18-13(17-11)19(2)3)15-7-5-10-6-8-20-9-10/h6,8-9H,4-5,7H2,1-3H3,(H2,14,15,16,17,18). The predicted octanol–water partition coefficient (Wildman–Crippen LogP) is 2.09. The number of nitrogens with one attached hydrogen (secondary N) is 2. The molecule has 0 aliphatic heterocycles. The van der Waals surface area contributed by atoms with Crippen molar-refractivity contribution in [1.82, 2.24) is 15.0 Å². The van der Waals surface area contributed by atoms with E-state index in [-0.39, 0.29) is 0 Å². The Hall–Kier alpha value is -1.89. The zero-order valence-corrected chi connectivity index (χ0v) is 12.9. The van der Waals surface area contributed by atoms with Crippen LogP contribution in [0.1, 0.15) is 12.5 Å². The Kier molecular flexibility index (Phi) is 5.11. The van der Waals surface area contributed by atoms with Gasteiger partial charge in [0.25, 0.3) is 0 Å². The topological polar surface area (TPSA) is 66.0 Å². The summed E-state index contributed by atoms with van der Waals surface area (Å²) in [5, 5.41) is 10.6. The Morgan fingerprint density at radius 3 is 2.50 bits per heavy atom. The first kappa shape index (κ1) is 14.5. The van der Waals surface area contributed by atoms with Crippen molar-refractivity contribution in [3.8, 4) is 0 Å². The van der Waals surface area contributed by atoms with Crippen molar-refractivity contribution < 1.29 is 0 Å². The zero-order chi connectivity index (χ0) is 14.4. The Labute approximate surface area is 123 Å². The van der Waals surface area contributed by atoms with Crippen molar-refractivity contribution >= 4 is 29.2 Å². The third-order valence-electron chi connectivity index (χ3n) is 2.64. The fraction of sp³-hybridized carbons (Fsp3) is 0.462. The van der Waals surface area contributed by atoms with Crippen LogP contribution in [0.3, 0.4) is 0 Å². The molecular formula is C13H20N6S. The minimum Gasteiger partial charge on any atom is -0.354 e. The summed E-state index contributed by atoms with van der Waals surface area (Å²) in [6.45, 7) is 3.60. The van der Waals surface area contributed by atoms with Crippen LogP contribution in [-0.2, 0) is 6.42 Å². The number of thiophene rings is 1. The molecule has 20 heavy (non-hydrogen) atoms. The summed E-state index contributed by atoms with van der Waals surface area (Å²) in [5.74, 6) is 1.85. The summed E-state index contributed by atoms with van der Waals surface area (Å²) in [7, 11) is 3.83. The molecule has 2 aromatic rings. The maximum absolute atomic E-state index is 4.39. The summed E-state index contributed by atoms with van der Waals surface area (Å²) in [6.07, 6.45) is 0.961. The quantitative estimate of drug-likeness (QED) is 0.814. The van der Waals surface area contributed by atoms with Crippen LogP contribution in [0.25, 0.3) is 0 Å². The van der Waals surface area contributed by atoms with Crippen LogP contribution in [0.5, 0.6) is 0 Å². The number of hydrogen-bond donors (Lipinski definition) is 2. The van der Waals surface area contributed by atoms with Gasteiger partial charge in [0.2, 0.25) is 17.8 Å². The Balaban J connectivity index is 2.01. The Morgan fingerprint density at radius 2 is 1.90 bits per heavy atom. The van der Waals surface area contributed by atoms with E-state index >= 15 is 0 Å². The zero-order valence-electron chi connectivity index (χ0n) is 12.1. The van der Waals surface area contributed by atoms with E-state index in [9.17, 15) is 0 Å². The molecule has 2 N–H and O–H groups in total. The van der Waals surface area contributed by atoms with E-state index < -0.39 is 0 Å². The first-order chi connectivity index (χ1) is 9.69. The first-order valence-corrected chi connectivity index (χ1v) is 7.55. The highest BCUT2D eigenvalue weighted by molar-refractivity contribution is 7.07. The smallest absolute Gasteiger partial charge is 0.231 e. The molecule has 0 atom stereocenters. The molecule has 0 spiro atoms. The lowest BCUT2D eigenvalue weighted by atomic mass is 10.2. The largest absolute Gasteiger partial charge is 0.354 e. The van der Waals surface area contributed by atoms with E-state index in [1.165, 1.54) is 5.56 Å². The molecule has 6 nitrogen and oxygen atoms in total. The summed E-state index contributed by atoms with van der Waals surface area (Å²) >= 11 is 1.72. The normalized spacial score (nSPS) is 10.3. The Morgan fingerprint density at radius 1 is 1.15 bits per heavy atom. The van der Waals surface area contributed by atoms with E-state index in [4.69, 9.17) is 0 Å². The first-order valence-electron chi connectivity index (χ1n) is 6.61. The third-order valence-corrected chi connectivity index (χ3v) is 3.37. The molecule has 7 heteroatoms. The van der Waals surface area contributed by atoms with Gasteiger partial charge in [0.05, 0.1) is 0 Å². The van der Waals surface area contributed by atoms with Gasteiger partial charge in [-0.1, -0.05) is 0 Å². The predicted molar refractivity (Wildman–Crippen MR) is 84.8 cm³/mol. The summed E-state index contributed by atoms with van der Waals surface area (Å²) in [4.78, 5) is 14.9. The van der Waals surface area contributed by atoms with Gasteiger partial charge in [-0.15, -0.1) is 0 Å². The van der Waals surface area contributed by atoms with E-state index in [0.717, 1.165) is 19.5 Å². The van der Waals surface area contributed by atoms with Crippen LogP contribution in [0, 0.1) is 0 Å². The van der Waals surface area contributed by atoms with Crippen molar-refractivity contribution in [2.75, 3.05) is 42.7 Å². The van der Waals surface area contributed by atoms with Crippen LogP contribution in [0.4, 0.5) is 17.8 Å². The highest BCUT2D eigenvalue weighted by Crippen LogP contribution is 2.12. The van der Waals surface area contributed by atoms with Crippen molar-refractivity contribution in [1.29, 1.82) is 0 Å². The van der Waals surface area contributed by atoms with Crippen LogP contribution in [0.2, 0.25) is 0 Å². The van der Waals surface area contributed by atoms with Crippen molar-refractivity contribution in [2.24, 2.45) is 0 Å². The highest BCUT2D eigenvalue weighted by Gasteiger charge is 2.07. The van der Waals surface area contributed by atoms with Gasteiger partial charge in [0, 0.05) is 27.2 Å². The number of nitrogens with zero attached hydrogens (tertiary/aromatic N) is 4. The molecule has 0 amide bonds. The van der Waals surface area contributed by atoms with E-state index in [1.807, 2.05) is 25.9 Å². The average Bonchev–Trinajstić information content (AvgIpc) is 2.92. The van der Waals surface area contributed by atoms with Gasteiger partial charge < -0.3 is 15.5 Å². The molecule has 2 aromatic heterocycles. The van der Waals surface area contributed by atoms with Gasteiger partial charge >= 0.3 is 0 Å². The van der Waals surface area contributed by atoms with Gasteiger partial charge in [-0.05, 0) is 35.7 Å². The molecule has 0 bridgehead atoms. The molecule has 108 valence electrons. The number of aromatic nitrogens is 3. The maximum atomic E-state index is 4.39. The van der Waals surface area contributed by atoms with E-state index in [1.54, 1.807) is 11.3 Å². The van der Waals surface area contributed by atoms with Crippen molar-refractivity contribution in [3.63, 3.8) is 0 Å². The van der Waals surface area contributed by atoms with Crippen LogP contribution < -0.4 is 15.5 Å². The van der Waals surface area contributed by atoms with Gasteiger partial charge in [0.1, 0.15) is 0 Å². The van der Waals surface area contributed by atoms with Gasteiger partial charge in [-0.3, -0.25) is 0 Å². The second kappa shape index (κ2) is 7.04. The van der Waals surface area contributed by atoms with Gasteiger partial charge in [0.15, 0.2) is 0 Å². The lowest BCUT2D eigenvalue weighted by Crippen LogP contribution is -2.17. The third kappa shape index (κ3) is 4.06. The molecule has 0 aliphatic rings. The molecule has 2 heterocycles. The molecule has 2 rings (SSSR count). The molecule has 0 fully saturated rings. The van der Waals surface area contributed by atoms with E-state index in [2.05, 4.69) is 42.4 Å². The van der Waals surface area contributed by atoms with Gasteiger partial charge in [-0.2, -0.15) is 26.3 Å². The molecule has 0 aromatic carbocycles. The minimum atomic E-state index is 0.601. The summed E-state index contributed by atoms with van der Waals surface area (Å²) in [6, 6.07) is 2.13. The Bertz CT molecular complexity index is 526. The summed E-state index contributed by atoms with van der Waals surface area (Å²) < 4.78 is 0. The van der Waals surface area contributed by atoms with Crippen molar-refractivity contribution in [3.05, 3.63) is 22.4 Å².